The number of nitrogens with two attached hydrogens (primary N) is 1. The fraction of sp³-hybridized carbons (Fsp3) is 0.233. The third-order valence-corrected chi connectivity index (χ3v) is 6.04. The molecule has 0 aliphatic rings. The average Bonchev–Trinajstić information content (AvgIpc) is 2.95. The molecule has 0 spiro atoms. The number of carbonyl (C=O) groups is 1. The monoisotopic (exact) mass is 512 g/mol. The Morgan fingerprint density at radius 2 is 1.29 bits per heavy atom. The quantitative estimate of drug-likeness (QED) is 0.255. The van der Waals surface area contributed by atoms with E-state index < -0.39 is 12.0 Å². The molecule has 0 amide bonds. The molecule has 0 radical (unpaired) electrons. The van der Waals surface area contributed by atoms with Crippen LogP contribution in [-0.2, 0) is 31.1 Å². The van der Waals surface area contributed by atoms with Gasteiger partial charge in [-0.3, -0.25) is 19.7 Å². The van der Waals surface area contributed by atoms with Crippen LogP contribution >= 0.6 is 0 Å². The van der Waals surface area contributed by atoms with E-state index in [0.717, 1.165) is 33.8 Å². The number of hydrogen-bond donors (Lipinski definition) is 2. The molecular formula is C30H32N4O4. The van der Waals surface area contributed by atoms with Gasteiger partial charge in [0, 0.05) is 66.7 Å². The van der Waals surface area contributed by atoms with Gasteiger partial charge in [-0.1, -0.05) is 48.5 Å². The lowest BCUT2D eigenvalue weighted by molar-refractivity contribution is -0.138. The van der Waals surface area contributed by atoms with E-state index in [9.17, 15) is 9.90 Å². The molecule has 2 aromatic carbocycles. The number of pyridine rings is 2. The molecule has 0 aliphatic heterocycles. The fourth-order valence-corrected chi connectivity index (χ4v) is 3.98. The summed E-state index contributed by atoms with van der Waals surface area (Å²) in [5.41, 5.74) is 9.79. The normalized spacial score (nSPS) is 11.7. The summed E-state index contributed by atoms with van der Waals surface area (Å²) in [7, 11) is 0. The highest BCUT2D eigenvalue weighted by Gasteiger charge is 2.17. The minimum atomic E-state index is -1.01. The van der Waals surface area contributed by atoms with E-state index in [1.165, 1.54) is 0 Å². The maximum atomic E-state index is 11.4. The van der Waals surface area contributed by atoms with Crippen LogP contribution in [0.3, 0.4) is 0 Å². The number of para-hydroxylation sites is 2. The lowest BCUT2D eigenvalue weighted by atomic mass is 10.1. The van der Waals surface area contributed by atoms with E-state index in [2.05, 4.69) is 14.9 Å². The van der Waals surface area contributed by atoms with Crippen LogP contribution in [0.2, 0.25) is 0 Å². The highest BCUT2D eigenvalue weighted by atomic mass is 16.5. The van der Waals surface area contributed by atoms with Gasteiger partial charge in [-0.15, -0.1) is 0 Å². The van der Waals surface area contributed by atoms with E-state index in [0.29, 0.717) is 39.3 Å². The standard InChI is InChI=1S/C30H32N4O4/c31-27(30(35)36)13-16-34(19-25-9-1-3-11-28(25)37-21-23-7-5-14-32-17-23)20-26-10-2-4-12-29(26)38-22-24-8-6-15-33-18-24/h1-12,14-15,17-18,27H,13,16,19-22,31H2,(H,35,36)/t27-/m1/s1. The molecule has 38 heavy (non-hydrogen) atoms. The van der Waals surface area contributed by atoms with E-state index in [-0.39, 0.29) is 0 Å². The third kappa shape index (κ3) is 8.12. The molecule has 3 N–H and O–H groups in total. The summed E-state index contributed by atoms with van der Waals surface area (Å²) in [6, 6.07) is 22.5. The number of carboxylic acids is 1. The van der Waals surface area contributed by atoms with Gasteiger partial charge in [0.1, 0.15) is 30.8 Å². The number of rotatable bonds is 14. The molecule has 196 valence electrons. The SMILES string of the molecule is N[C@H](CCN(Cc1ccccc1OCc1cccnc1)Cc1ccccc1OCc1cccnc1)C(=O)O. The highest BCUT2D eigenvalue weighted by molar-refractivity contribution is 5.73. The number of aliphatic carboxylic acids is 1. The Balaban J connectivity index is 1.50. The third-order valence-electron chi connectivity index (χ3n) is 6.04. The van der Waals surface area contributed by atoms with Crippen molar-refractivity contribution in [3.8, 4) is 11.5 Å². The van der Waals surface area contributed by atoms with Crippen molar-refractivity contribution in [2.24, 2.45) is 5.73 Å². The molecular weight excluding hydrogens is 480 g/mol. The van der Waals surface area contributed by atoms with Crippen LogP contribution in [0.25, 0.3) is 0 Å². The maximum absolute atomic E-state index is 11.4. The largest absolute Gasteiger partial charge is 0.489 e. The van der Waals surface area contributed by atoms with E-state index in [1.54, 1.807) is 24.8 Å². The molecule has 8 nitrogen and oxygen atoms in total. The molecule has 2 aromatic heterocycles. The van der Waals surface area contributed by atoms with Gasteiger partial charge >= 0.3 is 5.97 Å². The average molecular weight is 513 g/mol. The van der Waals surface area contributed by atoms with Crippen molar-refractivity contribution in [1.82, 2.24) is 14.9 Å². The smallest absolute Gasteiger partial charge is 0.320 e. The van der Waals surface area contributed by atoms with Crippen molar-refractivity contribution in [3.05, 3.63) is 120 Å². The van der Waals surface area contributed by atoms with Crippen molar-refractivity contribution < 1.29 is 19.4 Å². The van der Waals surface area contributed by atoms with Gasteiger partial charge in [0.25, 0.3) is 0 Å². The zero-order valence-electron chi connectivity index (χ0n) is 21.1. The summed E-state index contributed by atoms with van der Waals surface area (Å²) in [4.78, 5) is 21.8. The minimum Gasteiger partial charge on any atom is -0.489 e. The molecule has 8 heteroatoms. The second-order valence-corrected chi connectivity index (χ2v) is 8.96. The van der Waals surface area contributed by atoms with Gasteiger partial charge in [0.15, 0.2) is 0 Å². The summed E-state index contributed by atoms with van der Waals surface area (Å²) in [6.45, 7) is 2.39. The fourth-order valence-electron chi connectivity index (χ4n) is 3.98. The molecule has 4 rings (SSSR count). The molecule has 0 saturated heterocycles. The van der Waals surface area contributed by atoms with Gasteiger partial charge < -0.3 is 20.3 Å². The summed E-state index contributed by atoms with van der Waals surface area (Å²) >= 11 is 0. The van der Waals surface area contributed by atoms with Crippen LogP contribution in [0.4, 0.5) is 0 Å². The lowest BCUT2D eigenvalue weighted by Gasteiger charge is -2.25. The Morgan fingerprint density at radius 1 is 0.789 bits per heavy atom. The van der Waals surface area contributed by atoms with Crippen LogP contribution in [0, 0.1) is 0 Å². The summed E-state index contributed by atoms with van der Waals surface area (Å²) < 4.78 is 12.3. The Bertz CT molecular complexity index is 1200. The number of aromatic nitrogens is 2. The summed E-state index contributed by atoms with van der Waals surface area (Å²) in [5.74, 6) is 0.528. The Hall–Kier alpha value is -4.27. The van der Waals surface area contributed by atoms with Crippen LogP contribution < -0.4 is 15.2 Å². The Labute approximate surface area is 222 Å². The number of carboxylic acid groups (broad SMARTS) is 1. The highest BCUT2D eigenvalue weighted by Crippen LogP contribution is 2.25. The number of benzene rings is 2. The van der Waals surface area contributed by atoms with Crippen LogP contribution in [0.15, 0.2) is 97.6 Å². The number of hydrogen-bond acceptors (Lipinski definition) is 7. The molecule has 0 unspecified atom stereocenters. The lowest BCUT2D eigenvalue weighted by Crippen LogP contribution is -2.35. The zero-order valence-corrected chi connectivity index (χ0v) is 21.1. The van der Waals surface area contributed by atoms with Crippen molar-refractivity contribution >= 4 is 5.97 Å². The van der Waals surface area contributed by atoms with E-state index >= 15 is 0 Å². The predicted octanol–water partition coefficient (Wildman–Crippen LogP) is 4.44. The van der Waals surface area contributed by atoms with Crippen LogP contribution in [-0.4, -0.2) is 38.5 Å². The van der Waals surface area contributed by atoms with Gasteiger partial charge in [-0.25, -0.2) is 0 Å². The van der Waals surface area contributed by atoms with Crippen LogP contribution in [0.5, 0.6) is 11.5 Å². The predicted molar refractivity (Wildman–Crippen MR) is 144 cm³/mol. The summed E-state index contributed by atoms with van der Waals surface area (Å²) in [6.07, 6.45) is 7.34. The zero-order chi connectivity index (χ0) is 26.6. The van der Waals surface area contributed by atoms with Gasteiger partial charge in [0.2, 0.25) is 0 Å². The Kier molecular flexibility index (Phi) is 9.78. The second kappa shape index (κ2) is 13.9. The van der Waals surface area contributed by atoms with Crippen molar-refractivity contribution in [3.63, 3.8) is 0 Å². The molecule has 0 fully saturated rings. The first-order valence-electron chi connectivity index (χ1n) is 12.5. The molecule has 0 saturated carbocycles. The Morgan fingerprint density at radius 3 is 1.74 bits per heavy atom. The van der Waals surface area contributed by atoms with Crippen molar-refractivity contribution in [2.45, 2.75) is 38.8 Å². The topological polar surface area (TPSA) is 111 Å². The number of ether oxygens (including phenoxy) is 2. The molecule has 0 aliphatic carbocycles. The van der Waals surface area contributed by atoms with Gasteiger partial charge in [0.05, 0.1) is 0 Å². The number of nitrogens with zero attached hydrogens (tertiary/aromatic N) is 3. The van der Waals surface area contributed by atoms with Gasteiger partial charge in [-0.05, 0) is 30.7 Å². The second-order valence-electron chi connectivity index (χ2n) is 8.96. The maximum Gasteiger partial charge on any atom is 0.320 e. The molecule has 0 bridgehead atoms. The van der Waals surface area contributed by atoms with E-state index in [1.807, 2.05) is 72.8 Å². The first-order valence-corrected chi connectivity index (χ1v) is 12.5. The van der Waals surface area contributed by atoms with Crippen molar-refractivity contribution in [2.75, 3.05) is 6.54 Å². The molecule has 4 aromatic rings. The molecule has 2 heterocycles. The first kappa shape index (κ1) is 26.8. The van der Waals surface area contributed by atoms with Crippen molar-refractivity contribution in [1.29, 1.82) is 0 Å². The van der Waals surface area contributed by atoms with E-state index in [4.69, 9.17) is 15.2 Å². The van der Waals surface area contributed by atoms with Crippen LogP contribution in [0.1, 0.15) is 28.7 Å². The first-order chi connectivity index (χ1) is 18.6. The minimum absolute atomic E-state index is 0.312. The molecule has 1 atom stereocenters. The summed E-state index contributed by atoms with van der Waals surface area (Å²) in [5, 5.41) is 9.33. The van der Waals surface area contributed by atoms with Gasteiger partial charge in [-0.2, -0.15) is 0 Å².